The Balaban J connectivity index is 2.55. The van der Waals surface area contributed by atoms with Crippen LogP contribution in [-0.2, 0) is 0 Å². The first kappa shape index (κ1) is 11.0. The van der Waals surface area contributed by atoms with Gasteiger partial charge in [0, 0.05) is 0 Å². The minimum Gasteiger partial charge on any atom is -0.393 e. The van der Waals surface area contributed by atoms with Crippen molar-refractivity contribution in [3.8, 4) is 0 Å². The van der Waals surface area contributed by atoms with Crippen LogP contribution < -0.4 is 0 Å². The average molecular weight is 188 g/mol. The molecule has 78 valence electrons. The molecule has 3 nitrogen and oxygen atoms in total. The van der Waals surface area contributed by atoms with Gasteiger partial charge in [0.25, 0.3) is 0 Å². The first-order chi connectivity index (χ1) is 5.97. The van der Waals surface area contributed by atoms with Gasteiger partial charge in [0.2, 0.25) is 0 Å². The molecule has 3 heteroatoms. The second-order valence-corrected chi connectivity index (χ2v) is 4.57. The Kier molecular flexibility index (Phi) is 3.33. The molecule has 0 unspecified atom stereocenters. The molecule has 0 amide bonds. The maximum Gasteiger partial charge on any atom is 0.0878 e. The fourth-order valence-electron chi connectivity index (χ4n) is 1.99. The van der Waals surface area contributed by atoms with Gasteiger partial charge in [-0.2, -0.15) is 0 Å². The van der Waals surface area contributed by atoms with Crippen molar-refractivity contribution in [1.82, 2.24) is 0 Å². The summed E-state index contributed by atoms with van der Waals surface area (Å²) in [4.78, 5) is 0. The third-order valence-corrected chi connectivity index (χ3v) is 3.35. The lowest BCUT2D eigenvalue weighted by Gasteiger charge is -2.38. The van der Waals surface area contributed by atoms with Gasteiger partial charge in [0.15, 0.2) is 0 Å². The van der Waals surface area contributed by atoms with Crippen LogP contribution in [0, 0.1) is 11.8 Å². The van der Waals surface area contributed by atoms with Crippen molar-refractivity contribution in [3.05, 3.63) is 0 Å². The summed E-state index contributed by atoms with van der Waals surface area (Å²) in [6.45, 7) is 3.44. The SMILES string of the molecule is C[C@H]1CC[C@H]([C@](C)(O)CO)C[C@@H]1O. The largest absolute Gasteiger partial charge is 0.393 e. The lowest BCUT2D eigenvalue weighted by Crippen LogP contribution is -2.43. The van der Waals surface area contributed by atoms with Crippen molar-refractivity contribution in [2.24, 2.45) is 11.8 Å². The zero-order valence-electron chi connectivity index (χ0n) is 8.40. The van der Waals surface area contributed by atoms with Crippen LogP contribution in [0.3, 0.4) is 0 Å². The van der Waals surface area contributed by atoms with Gasteiger partial charge >= 0.3 is 0 Å². The van der Waals surface area contributed by atoms with E-state index < -0.39 is 5.60 Å². The van der Waals surface area contributed by atoms with E-state index in [-0.39, 0.29) is 18.6 Å². The molecule has 1 rings (SSSR count). The van der Waals surface area contributed by atoms with Gasteiger partial charge in [-0.25, -0.2) is 0 Å². The zero-order chi connectivity index (χ0) is 10.1. The van der Waals surface area contributed by atoms with Crippen LogP contribution in [0.4, 0.5) is 0 Å². The summed E-state index contributed by atoms with van der Waals surface area (Å²) in [7, 11) is 0. The van der Waals surface area contributed by atoms with Crippen LogP contribution in [0.25, 0.3) is 0 Å². The highest BCUT2D eigenvalue weighted by Gasteiger charge is 2.37. The summed E-state index contributed by atoms with van der Waals surface area (Å²) < 4.78 is 0. The van der Waals surface area contributed by atoms with Crippen molar-refractivity contribution in [3.63, 3.8) is 0 Å². The van der Waals surface area contributed by atoms with Gasteiger partial charge in [-0.1, -0.05) is 6.92 Å². The fraction of sp³-hybridized carbons (Fsp3) is 1.00. The number of hydrogen-bond donors (Lipinski definition) is 3. The standard InChI is InChI=1S/C10H20O3/c1-7-3-4-8(5-9(7)12)10(2,13)6-11/h7-9,11-13H,3-6H2,1-2H3/t7-,8-,9-,10+/m0/s1. The summed E-state index contributed by atoms with van der Waals surface area (Å²) in [5.74, 6) is 0.356. The Morgan fingerprint density at radius 1 is 1.38 bits per heavy atom. The first-order valence-corrected chi connectivity index (χ1v) is 4.98. The molecule has 1 fully saturated rings. The van der Waals surface area contributed by atoms with E-state index in [2.05, 4.69) is 0 Å². The molecule has 0 spiro atoms. The number of hydrogen-bond acceptors (Lipinski definition) is 3. The molecular formula is C10H20O3. The second-order valence-electron chi connectivity index (χ2n) is 4.57. The van der Waals surface area contributed by atoms with Gasteiger partial charge in [-0.3, -0.25) is 0 Å². The predicted octanol–water partition coefficient (Wildman–Crippen LogP) is 0.527. The smallest absolute Gasteiger partial charge is 0.0878 e. The van der Waals surface area contributed by atoms with E-state index in [0.717, 1.165) is 12.8 Å². The van der Waals surface area contributed by atoms with Gasteiger partial charge in [-0.15, -0.1) is 0 Å². The molecule has 0 radical (unpaired) electrons. The number of aliphatic hydroxyl groups excluding tert-OH is 2. The lowest BCUT2D eigenvalue weighted by molar-refractivity contribution is -0.0836. The highest BCUT2D eigenvalue weighted by molar-refractivity contribution is 4.88. The summed E-state index contributed by atoms with van der Waals surface area (Å²) in [5.41, 5.74) is -1.03. The van der Waals surface area contributed by atoms with Crippen LogP contribution in [0.2, 0.25) is 0 Å². The van der Waals surface area contributed by atoms with Crippen LogP contribution in [-0.4, -0.2) is 33.6 Å². The maximum absolute atomic E-state index is 9.79. The molecule has 0 aromatic heterocycles. The third kappa shape index (κ3) is 2.42. The summed E-state index contributed by atoms with van der Waals surface area (Å²) >= 11 is 0. The predicted molar refractivity (Wildman–Crippen MR) is 50.2 cm³/mol. The highest BCUT2D eigenvalue weighted by Crippen LogP contribution is 2.35. The van der Waals surface area contributed by atoms with E-state index >= 15 is 0 Å². The minimum absolute atomic E-state index is 0.0312. The van der Waals surface area contributed by atoms with Crippen molar-refractivity contribution in [2.45, 2.75) is 44.8 Å². The first-order valence-electron chi connectivity index (χ1n) is 4.98. The second kappa shape index (κ2) is 3.95. The molecular weight excluding hydrogens is 168 g/mol. The molecule has 1 aliphatic carbocycles. The normalized spacial score (nSPS) is 39.9. The van der Waals surface area contributed by atoms with E-state index in [4.69, 9.17) is 5.11 Å². The molecule has 0 heterocycles. The van der Waals surface area contributed by atoms with Crippen LogP contribution >= 0.6 is 0 Å². The topological polar surface area (TPSA) is 60.7 Å². The van der Waals surface area contributed by atoms with Crippen LogP contribution in [0.5, 0.6) is 0 Å². The Morgan fingerprint density at radius 2 is 2.00 bits per heavy atom. The van der Waals surface area contributed by atoms with Gasteiger partial charge < -0.3 is 15.3 Å². The van der Waals surface area contributed by atoms with Crippen molar-refractivity contribution < 1.29 is 15.3 Å². The lowest BCUT2D eigenvalue weighted by atomic mass is 9.73. The Labute approximate surface area is 79.4 Å². The molecule has 0 bridgehead atoms. The van der Waals surface area contributed by atoms with E-state index in [9.17, 15) is 10.2 Å². The van der Waals surface area contributed by atoms with Crippen molar-refractivity contribution in [1.29, 1.82) is 0 Å². The molecule has 3 N–H and O–H groups in total. The van der Waals surface area contributed by atoms with Crippen molar-refractivity contribution in [2.75, 3.05) is 6.61 Å². The summed E-state index contributed by atoms with van der Waals surface area (Å²) in [5, 5.41) is 28.4. The zero-order valence-corrected chi connectivity index (χ0v) is 8.40. The molecule has 13 heavy (non-hydrogen) atoms. The number of aliphatic hydroxyl groups is 3. The fourth-order valence-corrected chi connectivity index (χ4v) is 1.99. The third-order valence-electron chi connectivity index (χ3n) is 3.35. The minimum atomic E-state index is -1.03. The Morgan fingerprint density at radius 3 is 2.46 bits per heavy atom. The molecule has 0 saturated heterocycles. The van der Waals surface area contributed by atoms with E-state index in [1.165, 1.54) is 0 Å². The quantitative estimate of drug-likeness (QED) is 0.592. The van der Waals surface area contributed by atoms with Crippen molar-refractivity contribution >= 4 is 0 Å². The highest BCUT2D eigenvalue weighted by atomic mass is 16.3. The van der Waals surface area contributed by atoms with Gasteiger partial charge in [-0.05, 0) is 38.0 Å². The van der Waals surface area contributed by atoms with Gasteiger partial charge in [0.1, 0.15) is 0 Å². The molecule has 0 aromatic rings. The Bertz CT molecular complexity index is 168. The summed E-state index contributed by atoms with van der Waals surface area (Å²) in [6.07, 6.45) is 2.11. The van der Waals surface area contributed by atoms with E-state index in [1.54, 1.807) is 6.92 Å². The van der Waals surface area contributed by atoms with E-state index in [0.29, 0.717) is 12.3 Å². The Hall–Kier alpha value is -0.120. The molecule has 1 saturated carbocycles. The van der Waals surface area contributed by atoms with Gasteiger partial charge in [0.05, 0.1) is 18.3 Å². The van der Waals surface area contributed by atoms with E-state index in [1.807, 2.05) is 6.92 Å². The molecule has 0 aliphatic heterocycles. The monoisotopic (exact) mass is 188 g/mol. The molecule has 0 aromatic carbocycles. The summed E-state index contributed by atoms with van der Waals surface area (Å²) in [6, 6.07) is 0. The molecule has 1 aliphatic rings. The van der Waals surface area contributed by atoms with Crippen LogP contribution in [0.15, 0.2) is 0 Å². The molecule has 4 atom stereocenters. The average Bonchev–Trinajstić information content (AvgIpc) is 2.09. The van der Waals surface area contributed by atoms with Crippen LogP contribution in [0.1, 0.15) is 33.1 Å². The maximum atomic E-state index is 9.79. The number of rotatable bonds is 2.